The van der Waals surface area contributed by atoms with Crippen LogP contribution in [0, 0.1) is 13.8 Å². The van der Waals surface area contributed by atoms with E-state index in [1.807, 2.05) is 26.0 Å². The average Bonchev–Trinajstić information content (AvgIpc) is 1.81. The van der Waals surface area contributed by atoms with Gasteiger partial charge in [0.1, 0.15) is 0 Å². The van der Waals surface area contributed by atoms with Crippen molar-refractivity contribution in [3.8, 4) is 0 Å². The van der Waals surface area contributed by atoms with Crippen LogP contribution in [0.3, 0.4) is 0 Å². The van der Waals surface area contributed by atoms with Gasteiger partial charge in [0.2, 0.25) is 0 Å². The van der Waals surface area contributed by atoms with Crippen molar-refractivity contribution in [3.05, 3.63) is 29.1 Å². The van der Waals surface area contributed by atoms with Gasteiger partial charge < -0.3 is 5.11 Å². The molecule has 1 N–H and O–H groups in total. The third-order valence-electron chi connectivity index (χ3n) is 1.66. The molecule has 0 fully saturated rings. The van der Waals surface area contributed by atoms with Crippen LogP contribution in [0.4, 0.5) is 0 Å². The summed E-state index contributed by atoms with van der Waals surface area (Å²) in [7, 11) is 0. The second-order valence-corrected chi connectivity index (χ2v) is 3.33. The lowest BCUT2D eigenvalue weighted by molar-refractivity contribution is 0.194. The number of rotatable bonds is 2. The fourth-order valence-corrected chi connectivity index (χ4v) is 1.33. The number of aromatic nitrogens is 1. The SMILES string of the molecule is Cc1cc(C)nc(CC(C)O)c1. The fraction of sp³-hybridized carbons (Fsp3) is 0.500. The Labute approximate surface area is 73.3 Å². The highest BCUT2D eigenvalue weighted by Gasteiger charge is 2.01. The summed E-state index contributed by atoms with van der Waals surface area (Å²) in [5, 5.41) is 9.15. The highest BCUT2D eigenvalue weighted by atomic mass is 16.3. The van der Waals surface area contributed by atoms with E-state index in [-0.39, 0.29) is 6.10 Å². The van der Waals surface area contributed by atoms with Crippen molar-refractivity contribution >= 4 is 0 Å². The van der Waals surface area contributed by atoms with E-state index >= 15 is 0 Å². The largest absolute Gasteiger partial charge is 0.393 e. The van der Waals surface area contributed by atoms with Crippen molar-refractivity contribution in [2.45, 2.75) is 33.3 Å². The van der Waals surface area contributed by atoms with E-state index in [0.29, 0.717) is 6.42 Å². The van der Waals surface area contributed by atoms with Crippen LogP contribution in [-0.2, 0) is 6.42 Å². The molecule has 0 aliphatic rings. The standard InChI is InChI=1S/C10H15NO/c1-7-4-8(2)11-10(5-7)6-9(3)12/h4-5,9,12H,6H2,1-3H3. The zero-order chi connectivity index (χ0) is 9.14. The first-order chi connectivity index (χ1) is 5.58. The summed E-state index contributed by atoms with van der Waals surface area (Å²) in [5.41, 5.74) is 3.20. The molecule has 2 heteroatoms. The van der Waals surface area contributed by atoms with Crippen molar-refractivity contribution in [2.75, 3.05) is 0 Å². The lowest BCUT2D eigenvalue weighted by Crippen LogP contribution is -2.06. The molecule has 1 aromatic rings. The molecule has 1 heterocycles. The quantitative estimate of drug-likeness (QED) is 0.722. The normalized spacial score (nSPS) is 13.0. The summed E-state index contributed by atoms with van der Waals surface area (Å²) >= 11 is 0. The molecule has 66 valence electrons. The smallest absolute Gasteiger partial charge is 0.0567 e. The molecule has 0 spiro atoms. The Bertz CT molecular complexity index is 248. The molecule has 1 aromatic heterocycles. The summed E-state index contributed by atoms with van der Waals surface area (Å²) in [5.74, 6) is 0. The van der Waals surface area contributed by atoms with E-state index in [1.54, 1.807) is 6.92 Å². The molecule has 0 aliphatic carbocycles. The summed E-state index contributed by atoms with van der Waals surface area (Å²) in [4.78, 5) is 4.31. The molecule has 0 amide bonds. The summed E-state index contributed by atoms with van der Waals surface area (Å²) in [6.07, 6.45) is 0.335. The van der Waals surface area contributed by atoms with Gasteiger partial charge in [-0.15, -0.1) is 0 Å². The molecule has 1 unspecified atom stereocenters. The molecule has 12 heavy (non-hydrogen) atoms. The predicted octanol–water partition coefficient (Wildman–Crippen LogP) is 1.62. The van der Waals surface area contributed by atoms with Gasteiger partial charge in [0.25, 0.3) is 0 Å². The van der Waals surface area contributed by atoms with Gasteiger partial charge in [-0.3, -0.25) is 4.98 Å². The second-order valence-electron chi connectivity index (χ2n) is 3.33. The van der Waals surface area contributed by atoms with Crippen LogP contribution in [0.15, 0.2) is 12.1 Å². The zero-order valence-electron chi connectivity index (χ0n) is 7.83. The first-order valence-electron chi connectivity index (χ1n) is 4.20. The number of nitrogens with zero attached hydrogens (tertiary/aromatic N) is 1. The minimum absolute atomic E-state index is 0.307. The summed E-state index contributed by atoms with van der Waals surface area (Å²) in [6.45, 7) is 5.79. The predicted molar refractivity (Wildman–Crippen MR) is 49.1 cm³/mol. The van der Waals surface area contributed by atoms with Gasteiger partial charge in [0.15, 0.2) is 0 Å². The third-order valence-corrected chi connectivity index (χ3v) is 1.66. The lowest BCUT2D eigenvalue weighted by atomic mass is 10.1. The van der Waals surface area contributed by atoms with Gasteiger partial charge in [-0.05, 0) is 38.5 Å². The maximum absolute atomic E-state index is 9.15. The van der Waals surface area contributed by atoms with E-state index in [4.69, 9.17) is 5.11 Å². The van der Waals surface area contributed by atoms with Gasteiger partial charge in [-0.2, -0.15) is 0 Å². The van der Waals surface area contributed by atoms with Crippen LogP contribution in [0.2, 0.25) is 0 Å². The van der Waals surface area contributed by atoms with Crippen molar-refractivity contribution in [3.63, 3.8) is 0 Å². The molecule has 0 radical (unpaired) electrons. The topological polar surface area (TPSA) is 33.1 Å². The molecular formula is C10H15NO. The highest BCUT2D eigenvalue weighted by Crippen LogP contribution is 2.06. The lowest BCUT2D eigenvalue weighted by Gasteiger charge is -2.05. The van der Waals surface area contributed by atoms with E-state index < -0.39 is 0 Å². The molecule has 1 rings (SSSR count). The number of aryl methyl sites for hydroxylation is 2. The number of hydrogen-bond donors (Lipinski definition) is 1. The Kier molecular flexibility index (Phi) is 2.82. The number of hydrogen-bond acceptors (Lipinski definition) is 2. The van der Waals surface area contributed by atoms with Crippen molar-refractivity contribution in [1.29, 1.82) is 0 Å². The molecule has 0 aromatic carbocycles. The number of pyridine rings is 1. The van der Waals surface area contributed by atoms with Crippen molar-refractivity contribution in [1.82, 2.24) is 4.98 Å². The maximum atomic E-state index is 9.15. The Hall–Kier alpha value is -0.890. The Morgan fingerprint density at radius 2 is 2.08 bits per heavy atom. The summed E-state index contributed by atoms with van der Waals surface area (Å²) in [6, 6.07) is 4.05. The molecule has 2 nitrogen and oxygen atoms in total. The number of aliphatic hydroxyl groups excluding tert-OH is 1. The van der Waals surface area contributed by atoms with Crippen molar-refractivity contribution in [2.24, 2.45) is 0 Å². The maximum Gasteiger partial charge on any atom is 0.0567 e. The van der Waals surface area contributed by atoms with Gasteiger partial charge in [0.05, 0.1) is 6.10 Å². The van der Waals surface area contributed by atoms with E-state index in [9.17, 15) is 0 Å². The highest BCUT2D eigenvalue weighted by molar-refractivity contribution is 5.19. The third kappa shape index (κ3) is 2.62. The molecule has 0 saturated heterocycles. The van der Waals surface area contributed by atoms with Gasteiger partial charge in [0, 0.05) is 17.8 Å². The minimum atomic E-state index is -0.307. The first-order valence-corrected chi connectivity index (χ1v) is 4.20. The molecule has 0 bridgehead atoms. The van der Waals surface area contributed by atoms with Gasteiger partial charge in [-0.25, -0.2) is 0 Å². The van der Waals surface area contributed by atoms with Gasteiger partial charge in [-0.1, -0.05) is 0 Å². The Morgan fingerprint density at radius 1 is 1.42 bits per heavy atom. The molecule has 0 saturated carbocycles. The number of aliphatic hydroxyl groups is 1. The minimum Gasteiger partial charge on any atom is -0.393 e. The summed E-state index contributed by atoms with van der Waals surface area (Å²) < 4.78 is 0. The van der Waals surface area contributed by atoms with Crippen LogP contribution in [0.5, 0.6) is 0 Å². The molecular weight excluding hydrogens is 150 g/mol. The van der Waals surface area contributed by atoms with Crippen LogP contribution in [0.25, 0.3) is 0 Å². The van der Waals surface area contributed by atoms with Crippen LogP contribution >= 0.6 is 0 Å². The van der Waals surface area contributed by atoms with Crippen molar-refractivity contribution < 1.29 is 5.11 Å². The van der Waals surface area contributed by atoms with Crippen LogP contribution in [0.1, 0.15) is 23.9 Å². The van der Waals surface area contributed by atoms with Crippen LogP contribution in [-0.4, -0.2) is 16.2 Å². The Balaban J connectivity index is 2.85. The Morgan fingerprint density at radius 3 is 2.58 bits per heavy atom. The van der Waals surface area contributed by atoms with E-state index in [0.717, 1.165) is 11.4 Å². The fourth-order valence-electron chi connectivity index (χ4n) is 1.33. The monoisotopic (exact) mass is 165 g/mol. The van der Waals surface area contributed by atoms with E-state index in [2.05, 4.69) is 4.98 Å². The second kappa shape index (κ2) is 3.68. The van der Waals surface area contributed by atoms with Gasteiger partial charge >= 0.3 is 0 Å². The molecule has 1 atom stereocenters. The first kappa shape index (κ1) is 9.20. The van der Waals surface area contributed by atoms with E-state index in [1.165, 1.54) is 5.56 Å². The average molecular weight is 165 g/mol. The molecule has 0 aliphatic heterocycles. The zero-order valence-corrected chi connectivity index (χ0v) is 7.83. The van der Waals surface area contributed by atoms with Crippen LogP contribution < -0.4 is 0 Å².